The molecule has 0 N–H and O–H groups in total. The van der Waals surface area contributed by atoms with E-state index >= 15 is 0 Å². The van der Waals surface area contributed by atoms with Gasteiger partial charge in [0.1, 0.15) is 0 Å². The minimum atomic E-state index is -2.96. The summed E-state index contributed by atoms with van der Waals surface area (Å²) in [5.74, 6) is 0.255. The molecule has 8 heteroatoms. The number of rotatable bonds is 2. The molecular weight excluding hydrogens is 383 g/mol. The minimum Gasteiger partial charge on any atom is -0.367 e. The molecule has 0 saturated carbocycles. The lowest BCUT2D eigenvalue weighted by Gasteiger charge is -2.35. The first-order chi connectivity index (χ1) is 8.80. The van der Waals surface area contributed by atoms with Gasteiger partial charge in [-0.2, -0.15) is 0 Å². The van der Waals surface area contributed by atoms with Crippen LogP contribution in [0.25, 0.3) is 0 Å². The molecule has 0 aliphatic carbocycles. The molecule has 1 heterocycles. The Hall–Kier alpha value is -0.900. The Kier molecular flexibility index (Phi) is 4.00. The maximum Gasteiger partial charge on any atom is 0.282 e. The van der Waals surface area contributed by atoms with Gasteiger partial charge in [0.25, 0.3) is 5.69 Å². The fraction of sp³-hybridized carbons (Fsp3) is 0.455. The maximum absolute atomic E-state index is 11.5. The molecule has 1 aromatic carbocycles. The van der Waals surface area contributed by atoms with Crippen LogP contribution in [0.15, 0.2) is 18.2 Å². The molecule has 1 aliphatic heterocycles. The molecule has 1 aliphatic rings. The molecule has 104 valence electrons. The number of nitrogens with zero attached hydrogens (tertiary/aromatic N) is 2. The van der Waals surface area contributed by atoms with Crippen molar-refractivity contribution in [1.29, 1.82) is 0 Å². The van der Waals surface area contributed by atoms with Crippen LogP contribution in [0, 0.1) is 13.7 Å². The van der Waals surface area contributed by atoms with Crippen molar-refractivity contribution in [2.24, 2.45) is 0 Å². The highest BCUT2D eigenvalue weighted by molar-refractivity contribution is 14.1. The van der Waals surface area contributed by atoms with Gasteiger partial charge >= 0.3 is 0 Å². The predicted molar refractivity (Wildman–Crippen MR) is 81.3 cm³/mol. The van der Waals surface area contributed by atoms with Gasteiger partial charge in [0, 0.05) is 24.3 Å². The Labute approximate surface area is 125 Å². The lowest BCUT2D eigenvalue weighted by molar-refractivity contribution is -0.385. The van der Waals surface area contributed by atoms with Gasteiger partial charge in [0.05, 0.1) is 20.0 Å². The van der Waals surface area contributed by atoms with Crippen LogP contribution in [0.2, 0.25) is 0 Å². The Morgan fingerprint density at radius 3 is 2.68 bits per heavy atom. The average Bonchev–Trinajstić information content (AvgIpc) is 2.26. The summed E-state index contributed by atoms with van der Waals surface area (Å²) >= 11 is 1.92. The summed E-state index contributed by atoms with van der Waals surface area (Å²) in [4.78, 5) is 12.3. The summed E-state index contributed by atoms with van der Waals surface area (Å²) in [5.41, 5.74) is 0.902. The zero-order chi connectivity index (χ0) is 14.2. The fourth-order valence-electron chi connectivity index (χ4n) is 2.20. The van der Waals surface area contributed by atoms with Crippen LogP contribution in [0.5, 0.6) is 0 Å². The summed E-state index contributed by atoms with van der Waals surface area (Å²) in [5, 5.41) is 10.8. The first-order valence-electron chi connectivity index (χ1n) is 5.71. The van der Waals surface area contributed by atoms with Crippen molar-refractivity contribution in [3.63, 3.8) is 0 Å². The highest BCUT2D eigenvalue weighted by Gasteiger charge is 2.28. The van der Waals surface area contributed by atoms with E-state index in [-0.39, 0.29) is 23.2 Å². The lowest BCUT2D eigenvalue weighted by Crippen LogP contribution is -2.47. The van der Waals surface area contributed by atoms with Crippen molar-refractivity contribution < 1.29 is 13.3 Å². The van der Waals surface area contributed by atoms with Gasteiger partial charge in [0.2, 0.25) is 0 Å². The van der Waals surface area contributed by atoms with E-state index in [9.17, 15) is 18.5 Å². The maximum atomic E-state index is 11.5. The van der Waals surface area contributed by atoms with Gasteiger partial charge in [0.15, 0.2) is 9.84 Å². The second kappa shape index (κ2) is 5.23. The second-order valence-electron chi connectivity index (χ2n) is 4.55. The van der Waals surface area contributed by atoms with E-state index in [2.05, 4.69) is 0 Å². The SMILES string of the molecule is CC1CS(=O)(=O)CCN1c1ccc([N+](=O)[O-])c(I)c1. The third-order valence-electron chi connectivity index (χ3n) is 3.13. The standard InChI is InChI=1S/C11H13IN2O4S/c1-8-7-19(17,18)5-4-13(8)9-2-3-11(14(15)16)10(12)6-9/h2-3,6,8H,4-5,7H2,1H3. The zero-order valence-corrected chi connectivity index (χ0v) is 13.2. The number of halogens is 1. The van der Waals surface area contributed by atoms with Crippen LogP contribution in [-0.4, -0.2) is 37.4 Å². The van der Waals surface area contributed by atoms with E-state index in [0.29, 0.717) is 10.1 Å². The summed E-state index contributed by atoms with van der Waals surface area (Å²) in [7, 11) is -2.96. The zero-order valence-electron chi connectivity index (χ0n) is 10.2. The molecule has 1 atom stereocenters. The molecule has 0 spiro atoms. The topological polar surface area (TPSA) is 80.5 Å². The minimum absolute atomic E-state index is 0.0710. The number of hydrogen-bond donors (Lipinski definition) is 0. The van der Waals surface area contributed by atoms with Crippen molar-refractivity contribution >= 4 is 43.8 Å². The number of benzene rings is 1. The van der Waals surface area contributed by atoms with Crippen LogP contribution in [-0.2, 0) is 9.84 Å². The molecule has 0 aromatic heterocycles. The van der Waals surface area contributed by atoms with Crippen molar-refractivity contribution in [3.8, 4) is 0 Å². The molecule has 6 nitrogen and oxygen atoms in total. The molecule has 0 bridgehead atoms. The Balaban J connectivity index is 2.28. The Morgan fingerprint density at radius 2 is 2.16 bits per heavy atom. The first-order valence-corrected chi connectivity index (χ1v) is 8.61. The van der Waals surface area contributed by atoms with E-state index in [1.807, 2.05) is 34.4 Å². The fourth-order valence-corrected chi connectivity index (χ4v) is 4.46. The smallest absolute Gasteiger partial charge is 0.282 e. The lowest BCUT2D eigenvalue weighted by atomic mass is 10.2. The number of nitro groups is 1. The molecule has 2 rings (SSSR count). The Morgan fingerprint density at radius 1 is 1.47 bits per heavy atom. The van der Waals surface area contributed by atoms with Crippen LogP contribution in [0.3, 0.4) is 0 Å². The van der Waals surface area contributed by atoms with Gasteiger partial charge in [-0.3, -0.25) is 10.1 Å². The number of sulfone groups is 1. The third-order valence-corrected chi connectivity index (χ3v) is 5.79. The Bertz CT molecular complexity index is 617. The van der Waals surface area contributed by atoms with Crippen molar-refractivity contribution in [1.82, 2.24) is 0 Å². The second-order valence-corrected chi connectivity index (χ2v) is 7.94. The molecule has 1 unspecified atom stereocenters. The van der Waals surface area contributed by atoms with Gasteiger partial charge in [-0.25, -0.2) is 8.42 Å². The van der Waals surface area contributed by atoms with E-state index in [1.54, 1.807) is 12.1 Å². The third kappa shape index (κ3) is 3.16. The van der Waals surface area contributed by atoms with Gasteiger partial charge in [-0.1, -0.05) is 0 Å². The summed E-state index contributed by atoms with van der Waals surface area (Å²) < 4.78 is 23.6. The average molecular weight is 396 g/mol. The first kappa shape index (κ1) is 14.5. The predicted octanol–water partition coefficient (Wildman–Crippen LogP) is 1.82. The number of nitro benzene ring substituents is 1. The molecule has 0 radical (unpaired) electrons. The quantitative estimate of drug-likeness (QED) is 0.433. The summed E-state index contributed by atoms with van der Waals surface area (Å²) in [6.45, 7) is 2.28. The van der Waals surface area contributed by atoms with E-state index in [1.165, 1.54) is 6.07 Å². The normalized spacial score (nSPS) is 22.2. The van der Waals surface area contributed by atoms with E-state index < -0.39 is 14.8 Å². The molecule has 1 fully saturated rings. The number of hydrogen-bond acceptors (Lipinski definition) is 5. The van der Waals surface area contributed by atoms with Crippen molar-refractivity contribution in [2.75, 3.05) is 23.0 Å². The summed E-state index contributed by atoms with van der Waals surface area (Å²) in [6, 6.07) is 4.76. The number of anilines is 1. The largest absolute Gasteiger partial charge is 0.367 e. The highest BCUT2D eigenvalue weighted by Crippen LogP contribution is 2.28. The van der Waals surface area contributed by atoms with Crippen LogP contribution in [0.4, 0.5) is 11.4 Å². The van der Waals surface area contributed by atoms with E-state index in [0.717, 1.165) is 5.69 Å². The molecule has 0 amide bonds. The van der Waals surface area contributed by atoms with Crippen molar-refractivity contribution in [2.45, 2.75) is 13.0 Å². The molecular formula is C11H13IN2O4S. The molecule has 1 saturated heterocycles. The highest BCUT2D eigenvalue weighted by atomic mass is 127. The van der Waals surface area contributed by atoms with E-state index in [4.69, 9.17) is 0 Å². The van der Waals surface area contributed by atoms with Gasteiger partial charge < -0.3 is 4.90 Å². The van der Waals surface area contributed by atoms with Crippen LogP contribution >= 0.6 is 22.6 Å². The van der Waals surface area contributed by atoms with Crippen LogP contribution in [0.1, 0.15) is 6.92 Å². The monoisotopic (exact) mass is 396 g/mol. The van der Waals surface area contributed by atoms with Gasteiger partial charge in [-0.15, -0.1) is 0 Å². The van der Waals surface area contributed by atoms with Gasteiger partial charge in [-0.05, 0) is 41.6 Å². The molecule has 1 aromatic rings. The van der Waals surface area contributed by atoms with Crippen molar-refractivity contribution in [3.05, 3.63) is 31.9 Å². The summed E-state index contributed by atoms with van der Waals surface area (Å²) in [6.07, 6.45) is 0. The van der Waals surface area contributed by atoms with Crippen LogP contribution < -0.4 is 4.90 Å². The molecule has 19 heavy (non-hydrogen) atoms.